The summed E-state index contributed by atoms with van der Waals surface area (Å²) in [4.78, 5) is 12.0. The van der Waals surface area contributed by atoms with E-state index in [0.717, 1.165) is 35.7 Å². The Morgan fingerprint density at radius 1 is 1.08 bits per heavy atom. The number of nitrogens with two attached hydrogens (primary N) is 1. The van der Waals surface area contributed by atoms with Crippen molar-refractivity contribution in [2.24, 2.45) is 23.5 Å². The molecule has 1 saturated carbocycles. The number of ketones is 1. The molecule has 2 unspecified atom stereocenters. The van der Waals surface area contributed by atoms with Crippen molar-refractivity contribution in [1.82, 2.24) is 0 Å². The van der Waals surface area contributed by atoms with Crippen LogP contribution in [0.25, 0.3) is 5.70 Å². The molecule has 3 N–H and O–H groups in total. The maximum atomic E-state index is 12.0. The summed E-state index contributed by atoms with van der Waals surface area (Å²) < 4.78 is 0. The highest BCUT2D eigenvalue weighted by molar-refractivity contribution is 6.30. The zero-order valence-corrected chi connectivity index (χ0v) is 25.2. The first-order valence-corrected chi connectivity index (χ1v) is 14.1. The van der Waals surface area contributed by atoms with E-state index in [2.05, 4.69) is 45.0 Å². The second kappa shape index (κ2) is 21.0. The van der Waals surface area contributed by atoms with Gasteiger partial charge in [-0.2, -0.15) is 0 Å². The predicted molar refractivity (Wildman–Crippen MR) is 170 cm³/mol. The molecule has 3 rings (SSSR count). The van der Waals surface area contributed by atoms with E-state index in [1.807, 2.05) is 50.2 Å². The largest absolute Gasteiger partial charge is 0.398 e. The molecular formula is C34H49ClN2O. The van der Waals surface area contributed by atoms with Gasteiger partial charge in [-0.15, -0.1) is 12.3 Å². The number of terminal acetylenes is 1. The summed E-state index contributed by atoms with van der Waals surface area (Å²) in [6.45, 7) is 16.9. The van der Waals surface area contributed by atoms with E-state index < -0.39 is 0 Å². The molecule has 208 valence electrons. The first-order chi connectivity index (χ1) is 18.2. The first-order valence-electron chi connectivity index (χ1n) is 13.8. The van der Waals surface area contributed by atoms with Crippen molar-refractivity contribution in [3.8, 4) is 12.3 Å². The Kier molecular flexibility index (Phi) is 19.4. The molecular weight excluding hydrogens is 488 g/mol. The van der Waals surface area contributed by atoms with Gasteiger partial charge >= 0.3 is 0 Å². The smallest absolute Gasteiger partial charge is 0.165 e. The van der Waals surface area contributed by atoms with Crippen molar-refractivity contribution in [3.05, 3.63) is 83.4 Å². The first kappa shape index (κ1) is 35.0. The van der Waals surface area contributed by atoms with Crippen molar-refractivity contribution < 1.29 is 4.79 Å². The van der Waals surface area contributed by atoms with Crippen LogP contribution in [0.3, 0.4) is 0 Å². The molecule has 3 nitrogen and oxygen atoms in total. The highest BCUT2D eigenvalue weighted by Gasteiger charge is 2.17. The van der Waals surface area contributed by atoms with Crippen molar-refractivity contribution >= 4 is 28.8 Å². The van der Waals surface area contributed by atoms with Gasteiger partial charge in [0, 0.05) is 34.4 Å². The van der Waals surface area contributed by atoms with Crippen molar-refractivity contribution in [3.63, 3.8) is 0 Å². The van der Waals surface area contributed by atoms with E-state index in [9.17, 15) is 4.79 Å². The van der Waals surface area contributed by atoms with Crippen LogP contribution in [0.5, 0.6) is 0 Å². The van der Waals surface area contributed by atoms with Gasteiger partial charge < -0.3 is 11.1 Å². The molecule has 2 atom stereocenters. The molecule has 0 radical (unpaired) electrons. The average Bonchev–Trinajstić information content (AvgIpc) is 3.78. The van der Waals surface area contributed by atoms with E-state index >= 15 is 0 Å². The van der Waals surface area contributed by atoms with Gasteiger partial charge in [-0.3, -0.25) is 4.79 Å². The van der Waals surface area contributed by atoms with E-state index in [4.69, 9.17) is 17.3 Å². The normalized spacial score (nSPS) is 13.5. The third-order valence-corrected chi connectivity index (χ3v) is 6.58. The Morgan fingerprint density at radius 3 is 2.00 bits per heavy atom. The van der Waals surface area contributed by atoms with Gasteiger partial charge in [0.05, 0.1) is 0 Å². The van der Waals surface area contributed by atoms with Crippen molar-refractivity contribution in [2.75, 3.05) is 11.9 Å². The predicted octanol–water partition coefficient (Wildman–Crippen LogP) is 9.64. The Bertz CT molecular complexity index is 983. The van der Waals surface area contributed by atoms with Gasteiger partial charge in [0.15, 0.2) is 5.78 Å². The maximum absolute atomic E-state index is 12.0. The maximum Gasteiger partial charge on any atom is 0.165 e. The molecule has 0 bridgehead atoms. The van der Waals surface area contributed by atoms with Crippen molar-refractivity contribution in [1.29, 1.82) is 0 Å². The molecule has 2 aromatic rings. The standard InChI is InChI=1S/C16H25NO.C10H10ClN.C5H10.C3H4/c1-5-12(3)11-17-15-9-7-14(8-10-15)16(18)13(4)6-2;1-2-3-10(12)8-4-6-9(11)7-5-8;1-2-5-3-4-5;1-3-2/h7-10,12-13,17H,5-6,11H2,1-4H3;2-7H,1,12H2;5H,2-4H2,1H3;1H,2H3/b;10-3-;;. The Balaban J connectivity index is 0.000000581. The number of rotatable bonds is 10. The second-order valence-electron chi connectivity index (χ2n) is 9.65. The lowest BCUT2D eigenvalue weighted by molar-refractivity contribution is 0.0927. The third-order valence-electron chi connectivity index (χ3n) is 6.33. The minimum atomic E-state index is 0.115. The third kappa shape index (κ3) is 16.0. The number of carbonyl (C=O) groups excluding carboxylic acids is 1. The monoisotopic (exact) mass is 536 g/mol. The minimum Gasteiger partial charge on any atom is -0.398 e. The summed E-state index contributed by atoms with van der Waals surface area (Å²) in [6, 6.07) is 15.2. The molecule has 4 heteroatoms. The molecule has 1 aliphatic carbocycles. The molecule has 0 saturated heterocycles. The molecule has 0 spiro atoms. The van der Waals surface area contributed by atoms with Crippen molar-refractivity contribution in [2.45, 2.75) is 73.6 Å². The SMILES string of the molecule is C#CC.C=C/C=C(\N)c1ccc(Cl)cc1.CCC(C)CNc1ccc(C(=O)C(C)CC)cc1.CCC1CC1. The Labute approximate surface area is 238 Å². The number of allylic oxidation sites excluding steroid dienone is 2. The fraction of sp³-hybridized carbons (Fsp3) is 0.441. The quantitative estimate of drug-likeness (QED) is 0.180. The summed E-state index contributed by atoms with van der Waals surface area (Å²) in [7, 11) is 0. The minimum absolute atomic E-state index is 0.115. The Hall–Kier alpha value is -2.96. The van der Waals surface area contributed by atoms with Gasteiger partial charge in [-0.05, 0) is 73.2 Å². The number of halogens is 1. The van der Waals surface area contributed by atoms with E-state index in [1.54, 1.807) is 31.2 Å². The van der Waals surface area contributed by atoms with E-state index in [1.165, 1.54) is 25.7 Å². The number of benzene rings is 2. The lowest BCUT2D eigenvalue weighted by Gasteiger charge is -2.12. The zero-order chi connectivity index (χ0) is 28.9. The number of nitrogens with one attached hydrogen (secondary N) is 1. The van der Waals surface area contributed by atoms with Crippen LogP contribution in [0.1, 0.15) is 89.6 Å². The molecule has 2 aromatic carbocycles. The highest BCUT2D eigenvalue weighted by Crippen LogP contribution is 2.31. The van der Waals surface area contributed by atoms with Gasteiger partial charge in [-0.1, -0.05) is 96.7 Å². The number of hydrogen-bond donors (Lipinski definition) is 2. The van der Waals surface area contributed by atoms with Crippen LogP contribution < -0.4 is 11.1 Å². The zero-order valence-electron chi connectivity index (χ0n) is 24.4. The van der Waals surface area contributed by atoms with Crippen LogP contribution in [0.15, 0.2) is 67.3 Å². The fourth-order valence-electron chi connectivity index (χ4n) is 3.05. The second-order valence-corrected chi connectivity index (χ2v) is 10.1. The van der Waals surface area contributed by atoms with E-state index in [-0.39, 0.29) is 11.7 Å². The van der Waals surface area contributed by atoms with Gasteiger partial charge in [-0.25, -0.2) is 0 Å². The molecule has 38 heavy (non-hydrogen) atoms. The molecule has 0 aliphatic heterocycles. The molecule has 1 aliphatic rings. The number of hydrogen-bond acceptors (Lipinski definition) is 3. The van der Waals surface area contributed by atoms with Gasteiger partial charge in [0.25, 0.3) is 0 Å². The van der Waals surface area contributed by atoms with Crippen LogP contribution in [0, 0.1) is 30.1 Å². The topological polar surface area (TPSA) is 55.1 Å². The molecule has 1 fully saturated rings. The van der Waals surface area contributed by atoms with Crippen LogP contribution in [-0.2, 0) is 0 Å². The summed E-state index contributed by atoms with van der Waals surface area (Å²) in [5.41, 5.74) is 9.27. The number of carbonyl (C=O) groups is 1. The van der Waals surface area contributed by atoms with Crippen LogP contribution in [-0.4, -0.2) is 12.3 Å². The summed E-state index contributed by atoms with van der Waals surface area (Å²) in [5, 5.41) is 4.11. The number of Topliss-reactive ketones (excluding diaryl/α,β-unsaturated/α-hetero) is 1. The Morgan fingerprint density at radius 2 is 1.61 bits per heavy atom. The van der Waals surface area contributed by atoms with Gasteiger partial charge in [0.1, 0.15) is 0 Å². The number of anilines is 1. The molecule has 0 heterocycles. The van der Waals surface area contributed by atoms with E-state index in [0.29, 0.717) is 16.6 Å². The van der Waals surface area contributed by atoms with Crippen LogP contribution in [0.4, 0.5) is 5.69 Å². The summed E-state index contributed by atoms with van der Waals surface area (Å²) in [5.74, 6) is 4.41. The van der Waals surface area contributed by atoms with Crippen LogP contribution in [0.2, 0.25) is 5.02 Å². The lowest BCUT2D eigenvalue weighted by Crippen LogP contribution is -2.12. The van der Waals surface area contributed by atoms with Gasteiger partial charge in [0.2, 0.25) is 0 Å². The fourth-order valence-corrected chi connectivity index (χ4v) is 3.18. The highest BCUT2D eigenvalue weighted by atomic mass is 35.5. The molecule has 0 amide bonds. The van der Waals surface area contributed by atoms with Crippen LogP contribution >= 0.6 is 11.6 Å². The summed E-state index contributed by atoms with van der Waals surface area (Å²) in [6.07, 6.45) is 14.5. The average molecular weight is 537 g/mol. The summed E-state index contributed by atoms with van der Waals surface area (Å²) >= 11 is 5.71. The lowest BCUT2D eigenvalue weighted by atomic mass is 9.97. The molecule has 0 aromatic heterocycles.